The lowest BCUT2D eigenvalue weighted by Gasteiger charge is -2.31. The van der Waals surface area contributed by atoms with Gasteiger partial charge in [-0.25, -0.2) is 9.78 Å². The fraction of sp³-hybridized carbons (Fsp3) is 0.474. The van der Waals surface area contributed by atoms with Crippen molar-refractivity contribution < 1.29 is 14.3 Å². The van der Waals surface area contributed by atoms with Gasteiger partial charge in [0.1, 0.15) is 0 Å². The minimum Gasteiger partial charge on any atom is -0.450 e. The number of carbonyl (C=O) groups is 2. The van der Waals surface area contributed by atoms with Crippen molar-refractivity contribution in [1.82, 2.24) is 20.2 Å². The van der Waals surface area contributed by atoms with Crippen LogP contribution in [0.5, 0.6) is 0 Å². The summed E-state index contributed by atoms with van der Waals surface area (Å²) in [5.74, 6) is 0.0326. The van der Waals surface area contributed by atoms with E-state index in [2.05, 4.69) is 15.3 Å². The molecular weight excluding hydrogens is 364 g/mol. The fourth-order valence-corrected chi connectivity index (χ4v) is 3.83. The van der Waals surface area contributed by atoms with E-state index in [1.54, 1.807) is 35.6 Å². The van der Waals surface area contributed by atoms with Crippen molar-refractivity contribution in [3.8, 4) is 11.3 Å². The van der Waals surface area contributed by atoms with Gasteiger partial charge < -0.3 is 15.0 Å². The Labute approximate surface area is 162 Å². The zero-order chi connectivity index (χ0) is 19.1. The van der Waals surface area contributed by atoms with E-state index in [0.717, 1.165) is 29.1 Å². The molecule has 3 heterocycles. The molecule has 0 atom stereocenters. The number of pyridine rings is 1. The first kappa shape index (κ1) is 19.3. The van der Waals surface area contributed by atoms with Crippen molar-refractivity contribution in [3.05, 3.63) is 34.9 Å². The first-order valence-electron chi connectivity index (χ1n) is 9.21. The minimum atomic E-state index is -0.268. The molecule has 0 aliphatic carbocycles. The van der Waals surface area contributed by atoms with E-state index >= 15 is 0 Å². The maximum atomic E-state index is 12.2. The Bertz CT molecular complexity index is 757. The molecule has 27 heavy (non-hydrogen) atoms. The van der Waals surface area contributed by atoms with Gasteiger partial charge in [-0.05, 0) is 31.9 Å². The number of hydrogen-bond donors (Lipinski definition) is 1. The normalized spacial score (nSPS) is 14.8. The van der Waals surface area contributed by atoms with Crippen molar-refractivity contribution in [2.75, 3.05) is 19.7 Å². The highest BCUT2D eigenvalue weighted by Crippen LogP contribution is 2.22. The van der Waals surface area contributed by atoms with Gasteiger partial charge >= 0.3 is 6.09 Å². The highest BCUT2D eigenvalue weighted by molar-refractivity contribution is 7.09. The molecule has 2 amide bonds. The van der Waals surface area contributed by atoms with E-state index in [0.29, 0.717) is 32.5 Å². The van der Waals surface area contributed by atoms with E-state index < -0.39 is 0 Å². The summed E-state index contributed by atoms with van der Waals surface area (Å²) in [7, 11) is 0. The molecule has 0 aromatic carbocycles. The molecule has 0 radical (unpaired) electrons. The Balaban J connectivity index is 1.41. The molecule has 1 fully saturated rings. The number of hydrogen-bond acceptors (Lipinski definition) is 6. The lowest BCUT2D eigenvalue weighted by Crippen LogP contribution is -2.46. The maximum absolute atomic E-state index is 12.2. The van der Waals surface area contributed by atoms with Crippen LogP contribution in [0.1, 0.15) is 31.2 Å². The molecule has 1 aliphatic rings. The number of likely N-dealkylation sites (tertiary alicyclic amines) is 1. The number of ether oxygens (including phenoxy) is 1. The van der Waals surface area contributed by atoms with Crippen LogP contribution in [0.2, 0.25) is 0 Å². The Morgan fingerprint density at radius 2 is 2.04 bits per heavy atom. The van der Waals surface area contributed by atoms with Crippen molar-refractivity contribution in [2.24, 2.45) is 0 Å². The third-order valence-corrected chi connectivity index (χ3v) is 5.39. The molecule has 0 unspecified atom stereocenters. The number of aryl methyl sites for hydroxylation is 1. The molecule has 0 spiro atoms. The second-order valence-corrected chi connectivity index (χ2v) is 7.33. The van der Waals surface area contributed by atoms with Crippen LogP contribution in [0.4, 0.5) is 4.79 Å². The fourth-order valence-electron chi connectivity index (χ4n) is 3.02. The lowest BCUT2D eigenvalue weighted by atomic mass is 10.1. The Morgan fingerprint density at radius 3 is 2.74 bits per heavy atom. The molecule has 1 aliphatic heterocycles. The molecule has 0 saturated carbocycles. The number of amides is 2. The van der Waals surface area contributed by atoms with Gasteiger partial charge in [-0.2, -0.15) is 0 Å². The van der Waals surface area contributed by atoms with Crippen molar-refractivity contribution >= 4 is 23.3 Å². The highest BCUT2D eigenvalue weighted by Gasteiger charge is 2.24. The first-order chi connectivity index (χ1) is 13.2. The van der Waals surface area contributed by atoms with Gasteiger partial charge in [0, 0.05) is 55.3 Å². The van der Waals surface area contributed by atoms with Crippen LogP contribution in [0, 0.1) is 0 Å². The monoisotopic (exact) mass is 388 g/mol. The molecule has 3 rings (SSSR count). The third kappa shape index (κ3) is 5.50. The van der Waals surface area contributed by atoms with E-state index in [1.807, 2.05) is 17.5 Å². The Kier molecular flexibility index (Phi) is 6.75. The summed E-state index contributed by atoms with van der Waals surface area (Å²) in [4.78, 5) is 34.2. The van der Waals surface area contributed by atoms with Crippen LogP contribution in [0.15, 0.2) is 29.9 Å². The zero-order valence-corrected chi connectivity index (χ0v) is 16.2. The Morgan fingerprint density at radius 1 is 1.30 bits per heavy atom. The number of nitrogens with zero attached hydrogens (tertiary/aromatic N) is 3. The summed E-state index contributed by atoms with van der Waals surface area (Å²) in [5, 5.41) is 6.03. The number of thiazole rings is 1. The standard InChI is InChI=1S/C19H24N4O3S/c1-2-26-19(25)23-11-7-15(8-12-23)21-17(24)3-4-18-22-16(13-27-18)14-5-9-20-10-6-14/h5-6,9-10,13,15H,2-4,7-8,11-12H2,1H3,(H,21,24). The lowest BCUT2D eigenvalue weighted by molar-refractivity contribution is -0.122. The largest absolute Gasteiger partial charge is 0.450 e. The summed E-state index contributed by atoms with van der Waals surface area (Å²) >= 11 is 1.57. The van der Waals surface area contributed by atoms with Gasteiger partial charge in [0.2, 0.25) is 5.91 Å². The number of piperidine rings is 1. The van der Waals surface area contributed by atoms with Gasteiger partial charge in [0.15, 0.2) is 0 Å². The van der Waals surface area contributed by atoms with Crippen LogP contribution in [-0.2, 0) is 16.0 Å². The molecule has 1 N–H and O–H groups in total. The number of carbonyl (C=O) groups excluding carboxylic acids is 2. The van der Waals surface area contributed by atoms with E-state index in [9.17, 15) is 9.59 Å². The third-order valence-electron chi connectivity index (χ3n) is 4.48. The highest BCUT2D eigenvalue weighted by atomic mass is 32.1. The Hall–Kier alpha value is -2.48. The van der Waals surface area contributed by atoms with Crippen LogP contribution in [0.3, 0.4) is 0 Å². The second-order valence-electron chi connectivity index (χ2n) is 6.39. The summed E-state index contributed by atoms with van der Waals surface area (Å²) in [6.07, 6.45) is 5.78. The average Bonchev–Trinajstić information content (AvgIpc) is 3.17. The number of rotatable bonds is 6. The van der Waals surface area contributed by atoms with Gasteiger partial charge in [0.25, 0.3) is 0 Å². The van der Waals surface area contributed by atoms with Crippen LogP contribution < -0.4 is 5.32 Å². The first-order valence-corrected chi connectivity index (χ1v) is 10.1. The molecule has 7 nitrogen and oxygen atoms in total. The van der Waals surface area contributed by atoms with Gasteiger partial charge in [-0.1, -0.05) is 0 Å². The second kappa shape index (κ2) is 9.45. The maximum Gasteiger partial charge on any atom is 0.409 e. The molecule has 0 bridgehead atoms. The van der Waals surface area contributed by atoms with Crippen molar-refractivity contribution in [3.63, 3.8) is 0 Å². The summed E-state index contributed by atoms with van der Waals surface area (Å²) in [6, 6.07) is 3.97. The molecule has 1 saturated heterocycles. The molecule has 144 valence electrons. The number of nitrogens with one attached hydrogen (secondary N) is 1. The summed E-state index contributed by atoms with van der Waals surface area (Å²) in [6.45, 7) is 3.42. The molecular formula is C19H24N4O3S. The smallest absolute Gasteiger partial charge is 0.409 e. The van der Waals surface area contributed by atoms with E-state index in [-0.39, 0.29) is 18.0 Å². The zero-order valence-electron chi connectivity index (χ0n) is 15.4. The molecule has 2 aromatic rings. The quantitative estimate of drug-likeness (QED) is 0.823. The predicted octanol–water partition coefficient (Wildman–Crippen LogP) is 2.87. The van der Waals surface area contributed by atoms with Crippen molar-refractivity contribution in [2.45, 2.75) is 38.6 Å². The van der Waals surface area contributed by atoms with E-state index in [1.165, 1.54) is 0 Å². The molecule has 8 heteroatoms. The topological polar surface area (TPSA) is 84.4 Å². The molecule has 2 aromatic heterocycles. The average molecular weight is 388 g/mol. The van der Waals surface area contributed by atoms with E-state index in [4.69, 9.17) is 4.74 Å². The van der Waals surface area contributed by atoms with Crippen LogP contribution >= 0.6 is 11.3 Å². The van der Waals surface area contributed by atoms with Gasteiger partial charge in [-0.15, -0.1) is 11.3 Å². The van der Waals surface area contributed by atoms with Crippen molar-refractivity contribution in [1.29, 1.82) is 0 Å². The van der Waals surface area contributed by atoms with Crippen LogP contribution in [0.25, 0.3) is 11.3 Å². The van der Waals surface area contributed by atoms with Gasteiger partial charge in [0.05, 0.1) is 17.3 Å². The summed E-state index contributed by atoms with van der Waals surface area (Å²) in [5.41, 5.74) is 1.95. The van der Waals surface area contributed by atoms with Crippen LogP contribution in [-0.4, -0.2) is 52.6 Å². The minimum absolute atomic E-state index is 0.0326. The summed E-state index contributed by atoms with van der Waals surface area (Å²) < 4.78 is 5.01. The number of aromatic nitrogens is 2. The SMILES string of the molecule is CCOC(=O)N1CCC(NC(=O)CCc2nc(-c3ccncc3)cs2)CC1. The van der Waals surface area contributed by atoms with Gasteiger partial charge in [-0.3, -0.25) is 9.78 Å². The predicted molar refractivity (Wildman–Crippen MR) is 103 cm³/mol.